The fourth-order valence-corrected chi connectivity index (χ4v) is 4.41. The van der Waals surface area contributed by atoms with E-state index in [1.807, 2.05) is 12.1 Å². The molecule has 0 aromatic heterocycles. The van der Waals surface area contributed by atoms with Gasteiger partial charge in [0.25, 0.3) is 5.91 Å². The minimum Gasteiger partial charge on any atom is -0.493 e. The van der Waals surface area contributed by atoms with E-state index in [1.165, 1.54) is 12.1 Å². The van der Waals surface area contributed by atoms with Gasteiger partial charge in [0.15, 0.2) is 11.5 Å². The van der Waals surface area contributed by atoms with E-state index in [4.69, 9.17) is 14.2 Å². The van der Waals surface area contributed by atoms with Gasteiger partial charge >= 0.3 is 18.1 Å². The van der Waals surface area contributed by atoms with Crippen LogP contribution in [0.5, 0.6) is 17.2 Å². The Labute approximate surface area is 239 Å². The van der Waals surface area contributed by atoms with Crippen LogP contribution in [-0.4, -0.2) is 63.5 Å². The number of carbonyl (C=O) groups excluding carboxylic acids is 3. The summed E-state index contributed by atoms with van der Waals surface area (Å²) in [7, 11) is 3.11. The lowest BCUT2D eigenvalue weighted by molar-refractivity contribution is -0.189. The zero-order chi connectivity index (χ0) is 30.3. The highest BCUT2D eigenvalue weighted by atomic mass is 19.4. The monoisotopic (exact) mass is 586 g/mol. The minimum atomic E-state index is -5.14. The number of esters is 2. The number of methoxy groups -OCH3 is 2. The molecule has 0 aliphatic carbocycles. The highest BCUT2D eigenvalue weighted by Crippen LogP contribution is 2.32. The van der Waals surface area contributed by atoms with Gasteiger partial charge in [0.2, 0.25) is 0 Å². The minimum absolute atomic E-state index is 0.127. The average Bonchev–Trinajstić information content (AvgIpc) is 3.21. The Morgan fingerprint density at radius 1 is 0.857 bits per heavy atom. The van der Waals surface area contributed by atoms with E-state index in [2.05, 4.69) is 15.4 Å². The summed E-state index contributed by atoms with van der Waals surface area (Å²) in [6, 6.07) is 16.5. The van der Waals surface area contributed by atoms with E-state index in [-0.39, 0.29) is 11.3 Å². The third-order valence-corrected chi connectivity index (χ3v) is 6.63. The summed E-state index contributed by atoms with van der Waals surface area (Å²) in [5.74, 6) is -2.61. The lowest BCUT2D eigenvalue weighted by atomic mass is 10.0. The van der Waals surface area contributed by atoms with E-state index in [9.17, 15) is 27.6 Å². The van der Waals surface area contributed by atoms with Crippen molar-refractivity contribution in [3.05, 3.63) is 77.9 Å². The van der Waals surface area contributed by atoms with Crippen molar-refractivity contribution in [3.63, 3.8) is 0 Å². The highest BCUT2D eigenvalue weighted by Gasteiger charge is 2.41. The summed E-state index contributed by atoms with van der Waals surface area (Å²) in [5, 5.41) is 6.02. The number of hydrogen-bond acceptors (Lipinski definition) is 8. The van der Waals surface area contributed by atoms with Crippen LogP contribution < -0.4 is 24.8 Å². The van der Waals surface area contributed by atoms with Gasteiger partial charge in [-0.25, -0.2) is 9.59 Å². The van der Waals surface area contributed by atoms with Crippen molar-refractivity contribution in [3.8, 4) is 28.4 Å². The maximum Gasteiger partial charge on any atom is 0.491 e. The first-order valence-electron chi connectivity index (χ1n) is 13.0. The zero-order valence-electron chi connectivity index (χ0n) is 22.8. The van der Waals surface area contributed by atoms with Gasteiger partial charge in [-0.1, -0.05) is 18.2 Å². The lowest BCUT2D eigenvalue weighted by Crippen LogP contribution is -2.49. The summed E-state index contributed by atoms with van der Waals surface area (Å²) in [5.41, 5.74) is 2.19. The smallest absolute Gasteiger partial charge is 0.491 e. The fourth-order valence-electron chi connectivity index (χ4n) is 4.41. The molecule has 0 radical (unpaired) electrons. The topological polar surface area (TPSA) is 112 Å². The Bertz CT molecular complexity index is 1410. The predicted octanol–water partition coefficient (Wildman–Crippen LogP) is 4.55. The van der Waals surface area contributed by atoms with E-state index in [0.717, 1.165) is 23.3 Å². The second-order valence-corrected chi connectivity index (χ2v) is 9.43. The zero-order valence-corrected chi connectivity index (χ0v) is 22.8. The molecule has 2 atom stereocenters. The molecule has 9 nitrogen and oxygen atoms in total. The van der Waals surface area contributed by atoms with Crippen molar-refractivity contribution in [2.45, 2.75) is 31.2 Å². The third kappa shape index (κ3) is 7.58. The number of amides is 1. The molecule has 1 aliphatic heterocycles. The summed E-state index contributed by atoms with van der Waals surface area (Å²) in [6.07, 6.45) is -4.56. The Balaban J connectivity index is 1.40. The highest BCUT2D eigenvalue weighted by molar-refractivity contribution is 5.95. The van der Waals surface area contributed by atoms with Crippen LogP contribution in [0.3, 0.4) is 0 Å². The third-order valence-electron chi connectivity index (χ3n) is 6.63. The number of ether oxygens (including phenoxy) is 4. The standard InChI is InChI=1S/C30H29F3N2O7/c1-39-25-14-11-21(16-26(25)40-2)18-5-7-20(8-6-18)28(37)42-24-4-3-15-34-17-23(24)35-27(36)19-9-12-22(13-10-19)41-29(38)30(31,32)33/h5-14,16,23-24,34H,3-4,15,17H2,1-2H3,(H,35,36)/t23-,24-/m1/s1. The molecule has 1 fully saturated rings. The van der Waals surface area contributed by atoms with E-state index in [0.29, 0.717) is 43.0 Å². The molecule has 0 saturated carbocycles. The van der Waals surface area contributed by atoms with Crippen molar-refractivity contribution < 1.29 is 46.5 Å². The van der Waals surface area contributed by atoms with Crippen LogP contribution in [0.25, 0.3) is 11.1 Å². The van der Waals surface area contributed by atoms with Crippen LogP contribution in [0.1, 0.15) is 33.6 Å². The number of nitrogens with one attached hydrogen (secondary N) is 2. The molecule has 1 aliphatic rings. The Morgan fingerprint density at radius 2 is 1.50 bits per heavy atom. The van der Waals surface area contributed by atoms with Gasteiger partial charge in [0.1, 0.15) is 11.9 Å². The van der Waals surface area contributed by atoms with Gasteiger partial charge in [-0.15, -0.1) is 0 Å². The summed E-state index contributed by atoms with van der Waals surface area (Å²) < 4.78 is 58.0. The molecule has 222 valence electrons. The molecule has 1 saturated heterocycles. The van der Waals surface area contributed by atoms with Crippen LogP contribution in [0.4, 0.5) is 13.2 Å². The van der Waals surface area contributed by atoms with Crippen LogP contribution in [0.2, 0.25) is 0 Å². The van der Waals surface area contributed by atoms with Gasteiger partial charge in [-0.05, 0) is 79.0 Å². The molecule has 2 N–H and O–H groups in total. The first kappa shape index (κ1) is 30.4. The molecular weight excluding hydrogens is 557 g/mol. The van der Waals surface area contributed by atoms with Crippen molar-refractivity contribution in [2.75, 3.05) is 27.3 Å². The van der Waals surface area contributed by atoms with Gasteiger partial charge in [0, 0.05) is 12.1 Å². The molecule has 0 bridgehead atoms. The van der Waals surface area contributed by atoms with Crippen LogP contribution in [0, 0.1) is 0 Å². The van der Waals surface area contributed by atoms with Gasteiger partial charge in [-0.3, -0.25) is 4.79 Å². The molecule has 1 amide bonds. The van der Waals surface area contributed by atoms with Crippen molar-refractivity contribution in [2.24, 2.45) is 0 Å². The van der Waals surface area contributed by atoms with Crippen molar-refractivity contribution in [1.29, 1.82) is 0 Å². The van der Waals surface area contributed by atoms with Gasteiger partial charge < -0.3 is 29.6 Å². The average molecular weight is 587 g/mol. The molecule has 0 unspecified atom stereocenters. The summed E-state index contributed by atoms with van der Waals surface area (Å²) in [4.78, 5) is 37.0. The van der Waals surface area contributed by atoms with E-state index >= 15 is 0 Å². The van der Waals surface area contributed by atoms with Crippen LogP contribution >= 0.6 is 0 Å². The number of rotatable bonds is 8. The Morgan fingerprint density at radius 3 is 2.14 bits per heavy atom. The lowest BCUT2D eigenvalue weighted by Gasteiger charge is -2.26. The molecule has 12 heteroatoms. The predicted molar refractivity (Wildman–Crippen MR) is 146 cm³/mol. The number of alkyl halides is 3. The first-order chi connectivity index (χ1) is 20.1. The summed E-state index contributed by atoms with van der Waals surface area (Å²) >= 11 is 0. The van der Waals surface area contributed by atoms with E-state index in [1.54, 1.807) is 44.6 Å². The molecule has 1 heterocycles. The quantitative estimate of drug-likeness (QED) is 0.292. The second-order valence-electron chi connectivity index (χ2n) is 9.43. The van der Waals surface area contributed by atoms with Crippen molar-refractivity contribution >= 4 is 17.8 Å². The van der Waals surface area contributed by atoms with Crippen molar-refractivity contribution in [1.82, 2.24) is 10.6 Å². The first-order valence-corrected chi connectivity index (χ1v) is 13.0. The van der Waals surface area contributed by atoms with Gasteiger partial charge in [-0.2, -0.15) is 13.2 Å². The Hall–Kier alpha value is -4.58. The molecule has 3 aromatic rings. The molecular formula is C30H29F3N2O7. The number of benzene rings is 3. The summed E-state index contributed by atoms with van der Waals surface area (Å²) in [6.45, 7) is 1.00. The number of hydrogen-bond donors (Lipinski definition) is 2. The number of halogens is 3. The normalized spacial score (nSPS) is 17.0. The maximum atomic E-state index is 13.0. The number of carbonyl (C=O) groups is 3. The maximum absolute atomic E-state index is 13.0. The Kier molecular flexibility index (Phi) is 9.68. The second kappa shape index (κ2) is 13.4. The SMILES string of the molecule is COc1ccc(-c2ccc(C(=O)O[C@@H]3CCCNC[C@H]3NC(=O)c3ccc(OC(=O)C(F)(F)F)cc3)cc2)cc1OC. The van der Waals surface area contributed by atoms with Crippen LogP contribution in [-0.2, 0) is 9.53 Å². The molecule has 0 spiro atoms. The molecule has 3 aromatic carbocycles. The van der Waals surface area contributed by atoms with Crippen LogP contribution in [0.15, 0.2) is 66.7 Å². The van der Waals surface area contributed by atoms with Gasteiger partial charge in [0.05, 0.1) is 25.8 Å². The fraction of sp³-hybridized carbons (Fsp3) is 0.300. The molecule has 4 rings (SSSR count). The molecule has 42 heavy (non-hydrogen) atoms. The van der Waals surface area contributed by atoms with E-state index < -0.39 is 36.2 Å². The largest absolute Gasteiger partial charge is 0.493 e.